The second-order valence-corrected chi connectivity index (χ2v) is 5.44. The van der Waals surface area contributed by atoms with Gasteiger partial charge in [0, 0.05) is 30.9 Å². The summed E-state index contributed by atoms with van der Waals surface area (Å²) in [6, 6.07) is 30.2. The first-order chi connectivity index (χ1) is 11.3. The molecule has 3 rings (SSSR count). The molecular weight excluding hydrogens is 282 g/mol. The van der Waals surface area contributed by atoms with Gasteiger partial charge in [0.1, 0.15) is 5.75 Å². The summed E-state index contributed by atoms with van der Waals surface area (Å²) in [7, 11) is 1.67. The Bertz CT molecular complexity index is 684. The van der Waals surface area contributed by atoms with E-state index in [1.165, 1.54) is 11.1 Å². The molecule has 0 fully saturated rings. The van der Waals surface area contributed by atoms with Crippen LogP contribution in [0, 0.1) is 6.07 Å². The van der Waals surface area contributed by atoms with Crippen molar-refractivity contribution in [3.63, 3.8) is 0 Å². The third kappa shape index (κ3) is 4.13. The number of rotatable bonds is 6. The lowest BCUT2D eigenvalue weighted by Gasteiger charge is -2.25. The molecule has 0 bridgehead atoms. The molecule has 0 aromatic heterocycles. The van der Waals surface area contributed by atoms with Crippen LogP contribution in [0.3, 0.4) is 0 Å². The lowest BCUT2D eigenvalue weighted by molar-refractivity contribution is 0.414. The van der Waals surface area contributed by atoms with Gasteiger partial charge in [0.25, 0.3) is 0 Å². The van der Waals surface area contributed by atoms with Crippen molar-refractivity contribution < 1.29 is 4.74 Å². The van der Waals surface area contributed by atoms with Crippen LogP contribution in [0.1, 0.15) is 11.1 Å². The second kappa shape index (κ2) is 7.50. The van der Waals surface area contributed by atoms with E-state index >= 15 is 0 Å². The Kier molecular flexibility index (Phi) is 4.95. The van der Waals surface area contributed by atoms with Gasteiger partial charge < -0.3 is 9.64 Å². The summed E-state index contributed by atoms with van der Waals surface area (Å²) in [6.07, 6.45) is 0. The van der Waals surface area contributed by atoms with Crippen LogP contribution in [0.4, 0.5) is 5.69 Å². The van der Waals surface area contributed by atoms with E-state index in [2.05, 4.69) is 65.6 Å². The molecule has 115 valence electrons. The Morgan fingerprint density at radius 2 is 1.39 bits per heavy atom. The normalized spacial score (nSPS) is 10.3. The summed E-state index contributed by atoms with van der Waals surface area (Å²) in [5.74, 6) is 0.758. The van der Waals surface area contributed by atoms with Crippen LogP contribution in [0.5, 0.6) is 5.75 Å². The zero-order chi connectivity index (χ0) is 15.9. The van der Waals surface area contributed by atoms with Crippen molar-refractivity contribution in [2.45, 2.75) is 13.1 Å². The van der Waals surface area contributed by atoms with Gasteiger partial charge in [-0.25, -0.2) is 0 Å². The summed E-state index contributed by atoms with van der Waals surface area (Å²) < 4.78 is 5.32. The van der Waals surface area contributed by atoms with E-state index in [4.69, 9.17) is 4.74 Å². The van der Waals surface area contributed by atoms with Crippen LogP contribution < -0.4 is 9.64 Å². The van der Waals surface area contributed by atoms with Gasteiger partial charge in [0.15, 0.2) is 0 Å². The van der Waals surface area contributed by atoms with Crippen molar-refractivity contribution in [2.75, 3.05) is 12.0 Å². The summed E-state index contributed by atoms with van der Waals surface area (Å²) in [5, 5.41) is 0. The minimum absolute atomic E-state index is 0.758. The van der Waals surface area contributed by atoms with E-state index in [1.807, 2.05) is 24.3 Å². The highest BCUT2D eigenvalue weighted by Crippen LogP contribution is 2.24. The van der Waals surface area contributed by atoms with Crippen LogP contribution in [0.25, 0.3) is 0 Å². The Hall–Kier alpha value is -2.74. The first kappa shape index (κ1) is 15.2. The summed E-state index contributed by atoms with van der Waals surface area (Å²) in [6.45, 7) is 1.70. The Labute approximate surface area is 138 Å². The highest BCUT2D eigenvalue weighted by Gasteiger charge is 2.09. The minimum atomic E-state index is 0.758. The molecule has 1 radical (unpaired) electrons. The maximum absolute atomic E-state index is 5.32. The molecule has 0 saturated carbocycles. The highest BCUT2D eigenvalue weighted by atomic mass is 16.5. The molecule has 0 unspecified atom stereocenters. The van der Waals surface area contributed by atoms with Gasteiger partial charge in [-0.05, 0) is 23.3 Å². The predicted molar refractivity (Wildman–Crippen MR) is 94.6 cm³/mol. The molecule has 0 heterocycles. The Morgan fingerprint density at radius 1 is 0.826 bits per heavy atom. The molecule has 0 aliphatic heterocycles. The fraction of sp³-hybridized carbons (Fsp3) is 0.143. The summed E-state index contributed by atoms with van der Waals surface area (Å²) in [5.41, 5.74) is 3.71. The smallest absolute Gasteiger partial charge is 0.128 e. The van der Waals surface area contributed by atoms with Crippen molar-refractivity contribution in [1.29, 1.82) is 0 Å². The maximum atomic E-state index is 5.32. The molecular formula is C21H20NO. The third-order valence-corrected chi connectivity index (χ3v) is 3.78. The SMILES string of the molecule is COc1[c]ccc(N(Cc2ccccc2)Cc2ccccc2)c1. The third-order valence-electron chi connectivity index (χ3n) is 3.78. The van der Waals surface area contributed by atoms with Gasteiger partial charge >= 0.3 is 0 Å². The zero-order valence-electron chi connectivity index (χ0n) is 13.3. The summed E-state index contributed by atoms with van der Waals surface area (Å²) in [4.78, 5) is 2.35. The molecule has 3 aromatic carbocycles. The van der Waals surface area contributed by atoms with E-state index in [-0.39, 0.29) is 0 Å². The Balaban J connectivity index is 1.88. The van der Waals surface area contributed by atoms with Crippen LogP contribution in [-0.4, -0.2) is 7.11 Å². The second-order valence-electron chi connectivity index (χ2n) is 5.44. The van der Waals surface area contributed by atoms with Gasteiger partial charge in [-0.15, -0.1) is 0 Å². The molecule has 0 aliphatic rings. The first-order valence-corrected chi connectivity index (χ1v) is 7.73. The molecule has 0 spiro atoms. The van der Waals surface area contributed by atoms with Gasteiger partial charge in [-0.2, -0.15) is 0 Å². The lowest BCUT2D eigenvalue weighted by Crippen LogP contribution is -2.22. The first-order valence-electron chi connectivity index (χ1n) is 7.73. The quantitative estimate of drug-likeness (QED) is 0.654. The maximum Gasteiger partial charge on any atom is 0.128 e. The number of hydrogen-bond donors (Lipinski definition) is 0. The molecule has 3 aromatic rings. The molecule has 0 aliphatic carbocycles. The fourth-order valence-electron chi connectivity index (χ4n) is 2.59. The topological polar surface area (TPSA) is 12.5 Å². The van der Waals surface area contributed by atoms with Gasteiger partial charge in [0.2, 0.25) is 0 Å². The van der Waals surface area contributed by atoms with Crippen LogP contribution >= 0.6 is 0 Å². The molecule has 0 saturated heterocycles. The van der Waals surface area contributed by atoms with Crippen LogP contribution in [0.2, 0.25) is 0 Å². The number of ether oxygens (including phenoxy) is 1. The largest absolute Gasteiger partial charge is 0.496 e. The van der Waals surface area contributed by atoms with Gasteiger partial charge in [0.05, 0.1) is 7.11 Å². The molecule has 2 heteroatoms. The molecule has 0 N–H and O–H groups in total. The van der Waals surface area contributed by atoms with Crippen molar-refractivity contribution >= 4 is 5.69 Å². The van der Waals surface area contributed by atoms with E-state index in [9.17, 15) is 0 Å². The average molecular weight is 302 g/mol. The molecule has 23 heavy (non-hydrogen) atoms. The molecule has 0 atom stereocenters. The number of benzene rings is 3. The van der Waals surface area contributed by atoms with Crippen molar-refractivity contribution in [3.8, 4) is 5.75 Å². The number of nitrogens with zero attached hydrogens (tertiary/aromatic N) is 1. The van der Waals surface area contributed by atoms with Gasteiger partial charge in [-0.1, -0.05) is 60.7 Å². The van der Waals surface area contributed by atoms with Crippen molar-refractivity contribution in [3.05, 3.63) is 96.1 Å². The number of methoxy groups -OCH3 is 1. The van der Waals surface area contributed by atoms with Crippen LogP contribution in [0.15, 0.2) is 78.9 Å². The van der Waals surface area contributed by atoms with E-state index in [1.54, 1.807) is 7.11 Å². The lowest BCUT2D eigenvalue weighted by atomic mass is 10.1. The number of hydrogen-bond acceptors (Lipinski definition) is 2. The average Bonchev–Trinajstić information content (AvgIpc) is 2.63. The van der Waals surface area contributed by atoms with E-state index in [0.717, 1.165) is 24.5 Å². The van der Waals surface area contributed by atoms with E-state index < -0.39 is 0 Å². The summed E-state index contributed by atoms with van der Waals surface area (Å²) >= 11 is 0. The fourth-order valence-corrected chi connectivity index (χ4v) is 2.59. The minimum Gasteiger partial charge on any atom is -0.496 e. The molecule has 0 amide bonds. The van der Waals surface area contributed by atoms with E-state index in [0.29, 0.717) is 0 Å². The van der Waals surface area contributed by atoms with Crippen molar-refractivity contribution in [1.82, 2.24) is 0 Å². The highest BCUT2D eigenvalue weighted by molar-refractivity contribution is 5.51. The predicted octanol–water partition coefficient (Wildman–Crippen LogP) is 4.70. The number of anilines is 1. The Morgan fingerprint density at radius 3 is 1.91 bits per heavy atom. The zero-order valence-corrected chi connectivity index (χ0v) is 13.3. The molecule has 2 nitrogen and oxygen atoms in total. The van der Waals surface area contributed by atoms with Crippen LogP contribution in [-0.2, 0) is 13.1 Å². The van der Waals surface area contributed by atoms with Gasteiger partial charge in [-0.3, -0.25) is 0 Å². The monoisotopic (exact) mass is 302 g/mol. The standard InChI is InChI=1S/C21H20NO/c1-23-21-14-8-13-20(15-21)22(16-18-9-4-2-5-10-18)17-19-11-6-3-7-12-19/h2-13,15H,16-17H2,1H3. The van der Waals surface area contributed by atoms with Crippen molar-refractivity contribution in [2.24, 2.45) is 0 Å².